The van der Waals surface area contributed by atoms with E-state index in [1.54, 1.807) is 0 Å². The lowest BCUT2D eigenvalue weighted by atomic mass is 10.1. The van der Waals surface area contributed by atoms with E-state index in [4.69, 9.17) is 16.7 Å². The monoisotopic (exact) mass is 441 g/mol. The molecule has 0 unspecified atom stereocenters. The molecule has 2 N–H and O–H groups in total. The molecule has 0 aliphatic carbocycles. The van der Waals surface area contributed by atoms with Crippen LogP contribution in [0.1, 0.15) is 30.9 Å². The molecule has 5 rings (SSSR count). The SMILES string of the molecule is CCN1CCN(CCn2nc(N3CCCC3)c3c2NNC(c2ccccc2)=C3Cl)CC1. The van der Waals surface area contributed by atoms with Crippen molar-refractivity contribution in [3.63, 3.8) is 0 Å². The van der Waals surface area contributed by atoms with E-state index in [9.17, 15) is 0 Å². The highest BCUT2D eigenvalue weighted by Gasteiger charge is 2.31. The molecule has 0 amide bonds. The zero-order chi connectivity index (χ0) is 21.2. The molecule has 3 aliphatic heterocycles. The Morgan fingerprint density at radius 1 is 0.903 bits per heavy atom. The van der Waals surface area contributed by atoms with E-state index in [-0.39, 0.29) is 0 Å². The number of hydrazine groups is 1. The van der Waals surface area contributed by atoms with Gasteiger partial charge in [-0.2, -0.15) is 5.10 Å². The topological polar surface area (TPSA) is 51.6 Å². The molecular weight excluding hydrogens is 410 g/mol. The summed E-state index contributed by atoms with van der Waals surface area (Å²) in [5.74, 6) is 1.98. The maximum atomic E-state index is 7.01. The first-order valence-corrected chi connectivity index (χ1v) is 11.9. The summed E-state index contributed by atoms with van der Waals surface area (Å²) < 4.78 is 2.10. The van der Waals surface area contributed by atoms with Gasteiger partial charge < -0.3 is 9.80 Å². The van der Waals surface area contributed by atoms with Crippen molar-refractivity contribution in [2.24, 2.45) is 0 Å². The van der Waals surface area contributed by atoms with Crippen LogP contribution in [0.3, 0.4) is 0 Å². The van der Waals surface area contributed by atoms with Gasteiger partial charge in [-0.05, 0) is 19.4 Å². The first kappa shape index (κ1) is 20.7. The van der Waals surface area contributed by atoms with Crippen LogP contribution >= 0.6 is 11.6 Å². The quantitative estimate of drug-likeness (QED) is 0.718. The van der Waals surface area contributed by atoms with Gasteiger partial charge in [0.15, 0.2) is 11.6 Å². The van der Waals surface area contributed by atoms with Crippen LogP contribution in [0.5, 0.6) is 0 Å². The smallest absolute Gasteiger partial charge is 0.161 e. The highest BCUT2D eigenvalue weighted by atomic mass is 35.5. The summed E-state index contributed by atoms with van der Waals surface area (Å²) in [6, 6.07) is 10.2. The first-order chi connectivity index (χ1) is 15.2. The van der Waals surface area contributed by atoms with E-state index in [0.29, 0.717) is 0 Å². The first-order valence-electron chi connectivity index (χ1n) is 11.5. The van der Waals surface area contributed by atoms with Crippen LogP contribution in [-0.2, 0) is 6.54 Å². The number of nitrogens with one attached hydrogen (secondary N) is 2. The minimum atomic E-state index is 0.740. The molecule has 4 heterocycles. The van der Waals surface area contributed by atoms with Gasteiger partial charge in [0.1, 0.15) is 0 Å². The van der Waals surface area contributed by atoms with Gasteiger partial charge in [-0.15, -0.1) is 0 Å². The molecular formula is C23H32ClN7. The summed E-state index contributed by atoms with van der Waals surface area (Å²) in [5.41, 5.74) is 9.75. The van der Waals surface area contributed by atoms with Crippen molar-refractivity contribution >= 4 is 34.0 Å². The number of rotatable bonds is 6. The number of anilines is 2. The number of hydrogen-bond acceptors (Lipinski definition) is 6. The third-order valence-corrected chi connectivity index (χ3v) is 7.07. The molecule has 2 saturated heterocycles. The lowest BCUT2D eigenvalue weighted by molar-refractivity contribution is 0.133. The van der Waals surface area contributed by atoms with Crippen molar-refractivity contribution in [3.05, 3.63) is 41.5 Å². The van der Waals surface area contributed by atoms with Crippen molar-refractivity contribution in [3.8, 4) is 0 Å². The third kappa shape index (κ3) is 4.14. The van der Waals surface area contributed by atoms with Gasteiger partial charge in [0.05, 0.1) is 22.8 Å². The largest absolute Gasteiger partial charge is 0.355 e. The van der Waals surface area contributed by atoms with Crippen molar-refractivity contribution in [2.75, 3.05) is 62.7 Å². The molecule has 166 valence electrons. The van der Waals surface area contributed by atoms with Crippen LogP contribution < -0.4 is 15.8 Å². The van der Waals surface area contributed by atoms with Crippen LogP contribution in [0.25, 0.3) is 10.7 Å². The highest BCUT2D eigenvalue weighted by Crippen LogP contribution is 2.42. The Balaban J connectivity index is 1.42. The molecule has 0 saturated carbocycles. The fraction of sp³-hybridized carbons (Fsp3) is 0.522. The minimum Gasteiger partial charge on any atom is -0.355 e. The maximum Gasteiger partial charge on any atom is 0.161 e. The predicted octanol–water partition coefficient (Wildman–Crippen LogP) is 3.12. The molecule has 8 heteroatoms. The van der Waals surface area contributed by atoms with Gasteiger partial charge in [0.2, 0.25) is 0 Å². The van der Waals surface area contributed by atoms with Gasteiger partial charge >= 0.3 is 0 Å². The molecule has 0 spiro atoms. The lowest BCUT2D eigenvalue weighted by Gasteiger charge is -2.34. The second kappa shape index (κ2) is 9.10. The minimum absolute atomic E-state index is 0.740. The summed E-state index contributed by atoms with van der Waals surface area (Å²) in [5, 5.41) is 5.79. The van der Waals surface area contributed by atoms with Crippen LogP contribution in [0, 0.1) is 0 Å². The molecule has 1 aromatic carbocycles. The normalized spacial score (nSPS) is 20.0. The third-order valence-electron chi connectivity index (χ3n) is 6.69. The molecule has 1 aromatic heterocycles. The van der Waals surface area contributed by atoms with E-state index in [0.717, 1.165) is 92.4 Å². The second-order valence-corrected chi connectivity index (χ2v) is 8.92. The van der Waals surface area contributed by atoms with Gasteiger partial charge in [0.25, 0.3) is 0 Å². The van der Waals surface area contributed by atoms with Crippen molar-refractivity contribution in [1.29, 1.82) is 0 Å². The summed E-state index contributed by atoms with van der Waals surface area (Å²) in [6.07, 6.45) is 2.42. The van der Waals surface area contributed by atoms with Crippen LogP contribution in [0.2, 0.25) is 0 Å². The van der Waals surface area contributed by atoms with Gasteiger partial charge in [-0.1, -0.05) is 48.9 Å². The van der Waals surface area contributed by atoms with E-state index >= 15 is 0 Å². The van der Waals surface area contributed by atoms with E-state index in [1.165, 1.54) is 12.8 Å². The Morgan fingerprint density at radius 3 is 2.32 bits per heavy atom. The number of likely N-dealkylation sites (N-methyl/N-ethyl adjacent to an activating group) is 1. The number of nitrogens with zero attached hydrogens (tertiary/aromatic N) is 5. The fourth-order valence-electron chi connectivity index (χ4n) is 4.76. The van der Waals surface area contributed by atoms with Gasteiger partial charge in [-0.3, -0.25) is 15.8 Å². The number of benzene rings is 1. The van der Waals surface area contributed by atoms with Gasteiger partial charge in [0, 0.05) is 51.4 Å². The van der Waals surface area contributed by atoms with Crippen molar-refractivity contribution < 1.29 is 0 Å². The standard InChI is InChI=1S/C23H32ClN7/c1-2-28-12-14-29(15-13-28)16-17-31-22-19(23(27-31)30-10-6-7-11-30)20(24)21(25-26-22)18-8-4-3-5-9-18/h3-5,8-9,25-26H,2,6-7,10-17H2,1H3. The lowest BCUT2D eigenvalue weighted by Crippen LogP contribution is -2.47. The van der Waals surface area contributed by atoms with Crippen LogP contribution in [0.4, 0.5) is 11.6 Å². The highest BCUT2D eigenvalue weighted by molar-refractivity contribution is 6.53. The maximum absolute atomic E-state index is 7.01. The predicted molar refractivity (Wildman–Crippen MR) is 128 cm³/mol. The van der Waals surface area contributed by atoms with E-state index in [2.05, 4.69) is 49.3 Å². The second-order valence-electron chi connectivity index (χ2n) is 8.55. The van der Waals surface area contributed by atoms with Crippen molar-refractivity contribution in [2.45, 2.75) is 26.3 Å². The van der Waals surface area contributed by atoms with E-state index < -0.39 is 0 Å². The van der Waals surface area contributed by atoms with Gasteiger partial charge in [-0.25, -0.2) is 4.68 Å². The molecule has 7 nitrogen and oxygen atoms in total. The number of halogens is 1. The number of aromatic nitrogens is 2. The molecule has 2 aromatic rings. The summed E-state index contributed by atoms with van der Waals surface area (Å²) in [4.78, 5) is 7.44. The Bertz CT molecular complexity index is 925. The zero-order valence-corrected chi connectivity index (χ0v) is 19.0. The van der Waals surface area contributed by atoms with Crippen molar-refractivity contribution in [1.82, 2.24) is 25.0 Å². The Kier molecular flexibility index (Phi) is 6.07. The summed E-state index contributed by atoms with van der Waals surface area (Å²) in [6.45, 7) is 11.9. The Hall–Kier alpha value is -2.22. The average molecular weight is 442 g/mol. The molecule has 31 heavy (non-hydrogen) atoms. The molecule has 0 radical (unpaired) electrons. The molecule has 0 bridgehead atoms. The fourth-order valence-corrected chi connectivity index (χ4v) is 5.09. The number of hydrogen-bond donors (Lipinski definition) is 2. The summed E-state index contributed by atoms with van der Waals surface area (Å²) >= 11 is 7.01. The molecule has 2 fully saturated rings. The van der Waals surface area contributed by atoms with Crippen LogP contribution in [-0.4, -0.2) is 71.9 Å². The van der Waals surface area contributed by atoms with Crippen LogP contribution in [0.15, 0.2) is 30.3 Å². The molecule has 3 aliphatic rings. The van der Waals surface area contributed by atoms with E-state index in [1.807, 2.05) is 18.2 Å². The average Bonchev–Trinajstić information content (AvgIpc) is 3.47. The molecule has 0 atom stereocenters. The number of piperazine rings is 1. The zero-order valence-electron chi connectivity index (χ0n) is 18.3. The Morgan fingerprint density at radius 2 is 1.61 bits per heavy atom. The Labute approximate surface area is 189 Å². The number of fused-ring (bicyclic) bond motifs is 1. The summed E-state index contributed by atoms with van der Waals surface area (Å²) in [7, 11) is 0.